The van der Waals surface area contributed by atoms with Gasteiger partial charge in [0.1, 0.15) is 6.04 Å². The summed E-state index contributed by atoms with van der Waals surface area (Å²) in [6.07, 6.45) is -5.50. The molecule has 1 aromatic rings. The third-order valence-electron chi connectivity index (χ3n) is 3.80. The van der Waals surface area contributed by atoms with Crippen molar-refractivity contribution in [2.75, 3.05) is 18.4 Å². The number of carbonyl (C=O) groups excluding carboxylic acids is 2. The molecule has 0 unspecified atom stereocenters. The fourth-order valence-corrected chi connectivity index (χ4v) is 2.77. The lowest BCUT2D eigenvalue weighted by Crippen LogP contribution is -2.60. The Morgan fingerprint density at radius 3 is 2.67 bits per heavy atom. The number of urea groups is 1. The van der Waals surface area contributed by atoms with Gasteiger partial charge in [0.2, 0.25) is 5.91 Å². The van der Waals surface area contributed by atoms with E-state index in [-0.39, 0.29) is 23.1 Å². The van der Waals surface area contributed by atoms with Crippen molar-refractivity contribution in [3.8, 4) is 0 Å². The van der Waals surface area contributed by atoms with Crippen LogP contribution in [0.15, 0.2) is 24.3 Å². The van der Waals surface area contributed by atoms with E-state index in [0.29, 0.717) is 13.1 Å². The van der Waals surface area contributed by atoms with Crippen molar-refractivity contribution < 1.29 is 22.8 Å². The molecule has 132 valence electrons. The maximum atomic E-state index is 12.7. The number of benzene rings is 1. The minimum atomic E-state index is -4.37. The fourth-order valence-electron chi connectivity index (χ4n) is 2.77. The number of carbonyl (C=O) groups is 2. The van der Waals surface area contributed by atoms with E-state index in [1.165, 1.54) is 23.1 Å². The molecule has 1 saturated heterocycles. The maximum absolute atomic E-state index is 12.7. The Hall–Kier alpha value is -2.25. The standard InChI is InChI=1S/C16H20F3N3O2/c1-10(2)13-14(23)20-7-8-22(13)15(24)21-12-6-4-3-5-11(12)9-16(17,18)19/h3-6,10,13H,7-9H2,1-2H3,(H,20,23)(H,21,24)/t13-/m0/s1. The number of para-hydroxylation sites is 1. The molecule has 1 aromatic carbocycles. The molecule has 2 N–H and O–H groups in total. The third-order valence-corrected chi connectivity index (χ3v) is 3.80. The minimum Gasteiger partial charge on any atom is -0.353 e. The predicted molar refractivity (Wildman–Crippen MR) is 83.6 cm³/mol. The Kier molecular flexibility index (Phi) is 5.36. The van der Waals surface area contributed by atoms with Crippen molar-refractivity contribution in [1.82, 2.24) is 10.2 Å². The summed E-state index contributed by atoms with van der Waals surface area (Å²) < 4.78 is 38.0. The van der Waals surface area contributed by atoms with E-state index in [9.17, 15) is 22.8 Å². The summed E-state index contributed by atoms with van der Waals surface area (Å²) in [4.78, 5) is 25.8. The van der Waals surface area contributed by atoms with Gasteiger partial charge in [-0.1, -0.05) is 32.0 Å². The van der Waals surface area contributed by atoms with Gasteiger partial charge in [-0.2, -0.15) is 13.2 Å². The second kappa shape index (κ2) is 7.11. The van der Waals surface area contributed by atoms with Gasteiger partial charge in [0.25, 0.3) is 0 Å². The zero-order valence-electron chi connectivity index (χ0n) is 13.5. The smallest absolute Gasteiger partial charge is 0.353 e. The lowest BCUT2D eigenvalue weighted by Gasteiger charge is -2.37. The van der Waals surface area contributed by atoms with Gasteiger partial charge >= 0.3 is 12.2 Å². The Morgan fingerprint density at radius 2 is 2.04 bits per heavy atom. The SMILES string of the molecule is CC(C)[C@H]1C(=O)NCCN1C(=O)Nc1ccccc1CC(F)(F)F. The molecule has 3 amide bonds. The number of piperazine rings is 1. The molecule has 0 radical (unpaired) electrons. The number of alkyl halides is 3. The summed E-state index contributed by atoms with van der Waals surface area (Å²) in [6, 6.07) is 4.58. The average molecular weight is 343 g/mol. The lowest BCUT2D eigenvalue weighted by atomic mass is 10.00. The normalized spacial score (nSPS) is 18.5. The Morgan fingerprint density at radius 1 is 1.38 bits per heavy atom. The van der Waals surface area contributed by atoms with Crippen LogP contribution in [0, 0.1) is 5.92 Å². The fraction of sp³-hybridized carbons (Fsp3) is 0.500. The highest BCUT2D eigenvalue weighted by molar-refractivity contribution is 5.95. The molecule has 2 rings (SSSR count). The van der Waals surface area contributed by atoms with E-state index in [4.69, 9.17) is 0 Å². The molecule has 0 saturated carbocycles. The summed E-state index contributed by atoms with van der Waals surface area (Å²) in [5, 5.41) is 5.21. The first-order valence-corrected chi connectivity index (χ1v) is 7.69. The van der Waals surface area contributed by atoms with Crippen molar-refractivity contribution >= 4 is 17.6 Å². The van der Waals surface area contributed by atoms with Gasteiger partial charge in [0.15, 0.2) is 0 Å². The molecule has 8 heteroatoms. The maximum Gasteiger partial charge on any atom is 0.393 e. The van der Waals surface area contributed by atoms with E-state index in [1.54, 1.807) is 6.07 Å². The van der Waals surface area contributed by atoms with Gasteiger partial charge in [0, 0.05) is 18.8 Å². The average Bonchev–Trinajstić information content (AvgIpc) is 2.47. The van der Waals surface area contributed by atoms with Crippen LogP contribution in [0.5, 0.6) is 0 Å². The number of hydrogen-bond donors (Lipinski definition) is 2. The number of nitrogens with zero attached hydrogens (tertiary/aromatic N) is 1. The van der Waals surface area contributed by atoms with Crippen LogP contribution in [0.3, 0.4) is 0 Å². The van der Waals surface area contributed by atoms with Gasteiger partial charge in [0.05, 0.1) is 6.42 Å². The van der Waals surface area contributed by atoms with Gasteiger partial charge in [-0.05, 0) is 17.5 Å². The molecular weight excluding hydrogens is 323 g/mol. The van der Waals surface area contributed by atoms with Crippen LogP contribution in [0.4, 0.5) is 23.7 Å². The Balaban J connectivity index is 2.18. The first kappa shape index (κ1) is 18.1. The van der Waals surface area contributed by atoms with Crippen LogP contribution in [0.2, 0.25) is 0 Å². The predicted octanol–water partition coefficient (Wildman–Crippen LogP) is 2.78. The first-order valence-electron chi connectivity index (χ1n) is 7.69. The summed E-state index contributed by atoms with van der Waals surface area (Å²) in [6.45, 7) is 4.25. The topological polar surface area (TPSA) is 61.4 Å². The molecule has 5 nitrogen and oxygen atoms in total. The molecule has 0 spiro atoms. The second-order valence-corrected chi connectivity index (χ2v) is 6.05. The number of nitrogens with one attached hydrogen (secondary N) is 2. The molecular formula is C16H20F3N3O2. The zero-order chi connectivity index (χ0) is 17.9. The highest BCUT2D eigenvalue weighted by Gasteiger charge is 2.36. The van der Waals surface area contributed by atoms with Crippen molar-refractivity contribution in [3.63, 3.8) is 0 Å². The van der Waals surface area contributed by atoms with Crippen molar-refractivity contribution in [1.29, 1.82) is 0 Å². The summed E-state index contributed by atoms with van der Waals surface area (Å²) in [5.41, 5.74) is 0.0919. The zero-order valence-corrected chi connectivity index (χ0v) is 13.5. The number of rotatable bonds is 3. The number of halogens is 3. The lowest BCUT2D eigenvalue weighted by molar-refractivity contribution is -0.129. The van der Waals surface area contributed by atoms with Crippen molar-refractivity contribution in [2.24, 2.45) is 5.92 Å². The summed E-state index contributed by atoms with van der Waals surface area (Å²) in [5.74, 6) is -0.364. The molecule has 1 heterocycles. The van der Waals surface area contributed by atoms with Gasteiger partial charge in [-0.25, -0.2) is 4.79 Å². The van der Waals surface area contributed by atoms with Crippen LogP contribution < -0.4 is 10.6 Å². The van der Waals surface area contributed by atoms with Crippen LogP contribution in [0.25, 0.3) is 0 Å². The molecule has 0 aromatic heterocycles. The molecule has 24 heavy (non-hydrogen) atoms. The van der Waals surface area contributed by atoms with E-state index in [1.807, 2.05) is 13.8 Å². The monoisotopic (exact) mass is 343 g/mol. The van der Waals surface area contributed by atoms with Crippen LogP contribution in [0.1, 0.15) is 19.4 Å². The van der Waals surface area contributed by atoms with Crippen molar-refractivity contribution in [3.05, 3.63) is 29.8 Å². The second-order valence-electron chi connectivity index (χ2n) is 6.05. The molecule has 1 aliphatic rings. The molecule has 0 aliphatic carbocycles. The largest absolute Gasteiger partial charge is 0.393 e. The quantitative estimate of drug-likeness (QED) is 0.887. The molecule has 1 atom stereocenters. The first-order chi connectivity index (χ1) is 11.2. The van der Waals surface area contributed by atoms with Gasteiger partial charge in [-0.15, -0.1) is 0 Å². The van der Waals surface area contributed by atoms with E-state index < -0.39 is 24.7 Å². The molecule has 1 fully saturated rings. The Bertz CT molecular complexity index is 617. The van der Waals surface area contributed by atoms with Crippen LogP contribution in [-0.2, 0) is 11.2 Å². The highest BCUT2D eigenvalue weighted by atomic mass is 19.4. The summed E-state index contributed by atoms with van der Waals surface area (Å²) >= 11 is 0. The number of hydrogen-bond acceptors (Lipinski definition) is 2. The van der Waals surface area contributed by atoms with E-state index in [0.717, 1.165) is 0 Å². The number of anilines is 1. The third kappa shape index (κ3) is 4.39. The Labute approximate surface area is 138 Å². The van der Waals surface area contributed by atoms with Gasteiger partial charge in [-0.3, -0.25) is 4.79 Å². The summed E-state index contributed by atoms with van der Waals surface area (Å²) in [7, 11) is 0. The van der Waals surface area contributed by atoms with Crippen LogP contribution in [-0.4, -0.2) is 42.1 Å². The highest BCUT2D eigenvalue weighted by Crippen LogP contribution is 2.26. The van der Waals surface area contributed by atoms with Crippen molar-refractivity contribution in [2.45, 2.75) is 32.5 Å². The van der Waals surface area contributed by atoms with E-state index >= 15 is 0 Å². The minimum absolute atomic E-state index is 0.0130. The number of amides is 3. The van der Waals surface area contributed by atoms with Gasteiger partial charge < -0.3 is 15.5 Å². The molecule has 0 bridgehead atoms. The van der Waals surface area contributed by atoms with E-state index in [2.05, 4.69) is 10.6 Å². The van der Waals surface area contributed by atoms with Crippen LogP contribution >= 0.6 is 0 Å². The molecule has 1 aliphatic heterocycles.